The van der Waals surface area contributed by atoms with E-state index in [-0.39, 0.29) is 13.2 Å². The number of aliphatic hydroxyl groups excluding tert-OH is 2. The summed E-state index contributed by atoms with van der Waals surface area (Å²) in [7, 11) is 0. The van der Waals surface area contributed by atoms with Gasteiger partial charge in [-0.25, -0.2) is 0 Å². The number of ether oxygens (including phenoxy) is 2. The Balaban J connectivity index is 2.93. The summed E-state index contributed by atoms with van der Waals surface area (Å²) in [4.78, 5) is 0. The van der Waals surface area contributed by atoms with Crippen molar-refractivity contribution < 1.29 is 19.7 Å². The number of hydrogen-bond donors (Lipinski definition) is 2. The molecule has 0 spiro atoms. The molecule has 0 atom stereocenters. The van der Waals surface area contributed by atoms with E-state index in [9.17, 15) is 0 Å². The van der Waals surface area contributed by atoms with Crippen molar-refractivity contribution in [3.8, 4) is 0 Å². The predicted molar refractivity (Wildman–Crippen MR) is 44.9 cm³/mol. The quantitative estimate of drug-likeness (QED) is 0.389. The summed E-state index contributed by atoms with van der Waals surface area (Å²) in [6.45, 7) is 1.81. The zero-order valence-corrected chi connectivity index (χ0v) is 7.11. The monoisotopic (exact) mass is 176 g/mol. The summed E-state index contributed by atoms with van der Waals surface area (Å²) >= 11 is 0. The molecule has 4 nitrogen and oxygen atoms in total. The van der Waals surface area contributed by atoms with Gasteiger partial charge in [0, 0.05) is 0 Å². The molecule has 0 aromatic rings. The molecule has 12 heavy (non-hydrogen) atoms. The van der Waals surface area contributed by atoms with Crippen molar-refractivity contribution in [2.75, 3.05) is 39.6 Å². The lowest BCUT2D eigenvalue weighted by atomic mass is 10.5. The van der Waals surface area contributed by atoms with Crippen molar-refractivity contribution in [2.24, 2.45) is 0 Å². The van der Waals surface area contributed by atoms with Crippen LogP contribution in [0.25, 0.3) is 0 Å². The molecule has 0 unspecified atom stereocenters. The Morgan fingerprint density at radius 3 is 1.58 bits per heavy atom. The van der Waals surface area contributed by atoms with Crippen LogP contribution in [0.4, 0.5) is 0 Å². The second-order valence-electron chi connectivity index (χ2n) is 2.07. The second-order valence-corrected chi connectivity index (χ2v) is 2.07. The van der Waals surface area contributed by atoms with Crippen LogP contribution in [0.2, 0.25) is 0 Å². The average molecular weight is 176 g/mol. The molecule has 0 aromatic carbocycles. The van der Waals surface area contributed by atoms with Gasteiger partial charge in [-0.2, -0.15) is 0 Å². The lowest BCUT2D eigenvalue weighted by Crippen LogP contribution is -2.00. The number of hydrogen-bond acceptors (Lipinski definition) is 4. The van der Waals surface area contributed by atoms with E-state index in [1.165, 1.54) is 0 Å². The van der Waals surface area contributed by atoms with Crippen molar-refractivity contribution in [3.05, 3.63) is 12.2 Å². The van der Waals surface area contributed by atoms with Gasteiger partial charge in [-0.3, -0.25) is 0 Å². The molecule has 0 aromatic heterocycles. The van der Waals surface area contributed by atoms with Crippen molar-refractivity contribution in [1.29, 1.82) is 0 Å². The zero-order chi connectivity index (χ0) is 9.07. The van der Waals surface area contributed by atoms with Crippen LogP contribution in [0, 0.1) is 0 Å². The first kappa shape index (κ1) is 11.6. The third-order valence-electron chi connectivity index (χ3n) is 1.07. The molecular weight excluding hydrogens is 160 g/mol. The second kappa shape index (κ2) is 10.6. The van der Waals surface area contributed by atoms with Crippen LogP contribution >= 0.6 is 0 Å². The fourth-order valence-electron chi connectivity index (χ4n) is 0.568. The van der Waals surface area contributed by atoms with Crippen molar-refractivity contribution >= 4 is 0 Å². The first-order chi connectivity index (χ1) is 5.91. The summed E-state index contributed by atoms with van der Waals surface area (Å²) < 4.78 is 9.90. The molecule has 4 heteroatoms. The van der Waals surface area contributed by atoms with Crippen molar-refractivity contribution in [3.63, 3.8) is 0 Å². The van der Waals surface area contributed by atoms with Gasteiger partial charge in [0.25, 0.3) is 0 Å². The molecule has 0 bridgehead atoms. The van der Waals surface area contributed by atoms with Gasteiger partial charge in [-0.15, -0.1) is 0 Å². The van der Waals surface area contributed by atoms with E-state index in [2.05, 4.69) is 0 Å². The normalized spacial score (nSPS) is 11.2. The Bertz CT molecular complexity index is 91.2. The van der Waals surface area contributed by atoms with Gasteiger partial charge >= 0.3 is 0 Å². The zero-order valence-electron chi connectivity index (χ0n) is 7.11. The maximum atomic E-state index is 8.34. The summed E-state index contributed by atoms with van der Waals surface area (Å²) in [6.07, 6.45) is 3.63. The molecule has 0 heterocycles. The average Bonchev–Trinajstić information content (AvgIpc) is 2.10. The minimum absolute atomic E-state index is 0.0504. The van der Waals surface area contributed by atoms with Gasteiger partial charge in [0.1, 0.15) is 0 Å². The van der Waals surface area contributed by atoms with E-state index in [0.717, 1.165) is 0 Å². The third-order valence-corrected chi connectivity index (χ3v) is 1.07. The molecule has 0 radical (unpaired) electrons. The van der Waals surface area contributed by atoms with E-state index in [1.807, 2.05) is 12.2 Å². The smallest absolute Gasteiger partial charge is 0.0701 e. The topological polar surface area (TPSA) is 58.9 Å². The van der Waals surface area contributed by atoms with Gasteiger partial charge in [0.05, 0.1) is 39.6 Å². The molecule has 0 amide bonds. The molecular formula is C8H16O4. The van der Waals surface area contributed by atoms with Crippen LogP contribution < -0.4 is 0 Å². The Morgan fingerprint density at radius 1 is 0.833 bits per heavy atom. The Labute approximate surface area is 72.4 Å². The summed E-state index contributed by atoms with van der Waals surface area (Å²) in [5.41, 5.74) is 0. The molecule has 0 aliphatic heterocycles. The molecule has 0 saturated heterocycles. The first-order valence-corrected chi connectivity index (χ1v) is 3.94. The van der Waals surface area contributed by atoms with Crippen LogP contribution in [-0.2, 0) is 9.47 Å². The van der Waals surface area contributed by atoms with E-state index >= 15 is 0 Å². The Morgan fingerprint density at radius 2 is 1.25 bits per heavy atom. The molecule has 2 N–H and O–H groups in total. The minimum Gasteiger partial charge on any atom is -0.394 e. The molecule has 72 valence electrons. The van der Waals surface area contributed by atoms with Gasteiger partial charge in [-0.1, -0.05) is 12.2 Å². The van der Waals surface area contributed by atoms with Crippen LogP contribution in [0.15, 0.2) is 12.2 Å². The largest absolute Gasteiger partial charge is 0.394 e. The fraction of sp³-hybridized carbons (Fsp3) is 0.750. The predicted octanol–water partition coefficient (Wildman–Crippen LogP) is -0.440. The van der Waals surface area contributed by atoms with Crippen molar-refractivity contribution in [1.82, 2.24) is 0 Å². The Kier molecular flexibility index (Phi) is 10.2. The molecule has 0 rings (SSSR count). The van der Waals surface area contributed by atoms with Crippen LogP contribution in [0.3, 0.4) is 0 Å². The van der Waals surface area contributed by atoms with Crippen LogP contribution in [0.1, 0.15) is 0 Å². The number of rotatable bonds is 8. The standard InChI is InChI=1S/C8H16O4/c9-3-7-11-5-1-2-6-12-8-4-10/h1-2,9-10H,3-8H2. The highest BCUT2D eigenvalue weighted by Crippen LogP contribution is 1.79. The summed E-state index contributed by atoms with van der Waals surface area (Å²) in [5.74, 6) is 0. The number of aliphatic hydroxyl groups is 2. The van der Waals surface area contributed by atoms with E-state index in [0.29, 0.717) is 26.4 Å². The highest BCUT2D eigenvalue weighted by atomic mass is 16.5. The molecule has 0 aliphatic rings. The maximum absolute atomic E-state index is 8.34. The molecule has 0 saturated carbocycles. The molecule has 0 fully saturated rings. The highest BCUT2D eigenvalue weighted by molar-refractivity contribution is 4.80. The van der Waals surface area contributed by atoms with E-state index in [1.54, 1.807) is 0 Å². The Hall–Kier alpha value is -0.420. The van der Waals surface area contributed by atoms with Gasteiger partial charge in [0.15, 0.2) is 0 Å². The van der Waals surface area contributed by atoms with Gasteiger partial charge in [-0.05, 0) is 0 Å². The molecule has 0 aliphatic carbocycles. The van der Waals surface area contributed by atoms with E-state index < -0.39 is 0 Å². The van der Waals surface area contributed by atoms with E-state index in [4.69, 9.17) is 19.7 Å². The lowest BCUT2D eigenvalue weighted by Gasteiger charge is -1.97. The third kappa shape index (κ3) is 9.58. The fourth-order valence-corrected chi connectivity index (χ4v) is 0.568. The van der Waals surface area contributed by atoms with Crippen LogP contribution in [0.5, 0.6) is 0 Å². The van der Waals surface area contributed by atoms with Crippen molar-refractivity contribution in [2.45, 2.75) is 0 Å². The highest BCUT2D eigenvalue weighted by Gasteiger charge is 1.81. The van der Waals surface area contributed by atoms with Gasteiger partial charge in [0.2, 0.25) is 0 Å². The minimum atomic E-state index is 0.0504. The summed E-state index contributed by atoms with van der Waals surface area (Å²) in [6, 6.07) is 0. The first-order valence-electron chi connectivity index (χ1n) is 3.94. The van der Waals surface area contributed by atoms with Crippen LogP contribution in [-0.4, -0.2) is 49.9 Å². The SMILES string of the molecule is OCCOCC=CCOCCO. The summed E-state index contributed by atoms with van der Waals surface area (Å²) in [5, 5.41) is 16.7. The lowest BCUT2D eigenvalue weighted by molar-refractivity contribution is 0.106. The maximum Gasteiger partial charge on any atom is 0.0701 e. The van der Waals surface area contributed by atoms with Gasteiger partial charge < -0.3 is 19.7 Å².